The summed E-state index contributed by atoms with van der Waals surface area (Å²) >= 11 is 0. The lowest BCUT2D eigenvalue weighted by Gasteiger charge is -2.09. The van der Waals surface area contributed by atoms with Crippen LogP contribution in [0, 0.1) is 13.8 Å². The Hall–Kier alpha value is -3.28. The van der Waals surface area contributed by atoms with Gasteiger partial charge in [0.05, 0.1) is 12.2 Å². The van der Waals surface area contributed by atoms with E-state index in [9.17, 15) is 4.79 Å². The molecule has 6 heteroatoms. The van der Waals surface area contributed by atoms with Crippen LogP contribution in [0.1, 0.15) is 27.3 Å². The predicted octanol–water partition coefficient (Wildman–Crippen LogP) is 3.16. The second-order valence-electron chi connectivity index (χ2n) is 5.72. The Morgan fingerprint density at radius 2 is 1.88 bits per heavy atom. The second-order valence-corrected chi connectivity index (χ2v) is 5.72. The van der Waals surface area contributed by atoms with E-state index in [-0.39, 0.29) is 5.91 Å². The van der Waals surface area contributed by atoms with E-state index in [1.54, 1.807) is 12.3 Å². The fourth-order valence-corrected chi connectivity index (χ4v) is 2.28. The van der Waals surface area contributed by atoms with Gasteiger partial charge in [0.1, 0.15) is 17.8 Å². The maximum atomic E-state index is 12.3. The third-order valence-corrected chi connectivity index (χ3v) is 3.84. The van der Waals surface area contributed by atoms with E-state index in [4.69, 9.17) is 0 Å². The van der Waals surface area contributed by atoms with Crippen molar-refractivity contribution < 1.29 is 4.79 Å². The van der Waals surface area contributed by atoms with Crippen LogP contribution in [0.2, 0.25) is 0 Å². The standard InChI is InChI=1S/C19H19N5O/c1-13-6-7-15(9-14(13)2)24-18-10-17(22-12-23-18)19(25)21-11-16-5-3-4-8-20-16/h3-10,12H,11H2,1-2H3,(H,21,25)(H,22,23,24). The van der Waals surface area contributed by atoms with Gasteiger partial charge in [-0.15, -0.1) is 0 Å². The molecule has 0 aliphatic carbocycles. The molecule has 126 valence electrons. The van der Waals surface area contributed by atoms with Crippen LogP contribution < -0.4 is 10.6 Å². The summed E-state index contributed by atoms with van der Waals surface area (Å²) in [5.41, 5.74) is 4.42. The summed E-state index contributed by atoms with van der Waals surface area (Å²) in [5.74, 6) is 0.303. The highest BCUT2D eigenvalue weighted by Crippen LogP contribution is 2.18. The molecule has 0 saturated heterocycles. The Morgan fingerprint density at radius 1 is 1.00 bits per heavy atom. The van der Waals surface area contributed by atoms with Crippen LogP contribution >= 0.6 is 0 Å². The molecule has 0 aliphatic rings. The molecule has 25 heavy (non-hydrogen) atoms. The van der Waals surface area contributed by atoms with Crippen LogP contribution in [-0.4, -0.2) is 20.9 Å². The summed E-state index contributed by atoms with van der Waals surface area (Å²) in [6.07, 6.45) is 3.07. The van der Waals surface area contributed by atoms with Crippen molar-refractivity contribution in [1.82, 2.24) is 20.3 Å². The normalized spacial score (nSPS) is 10.3. The first-order valence-electron chi connectivity index (χ1n) is 7.96. The first-order chi connectivity index (χ1) is 12.1. The molecule has 1 aromatic carbocycles. The number of aromatic nitrogens is 3. The molecule has 3 rings (SSSR count). The van der Waals surface area contributed by atoms with E-state index in [2.05, 4.69) is 39.4 Å². The van der Waals surface area contributed by atoms with Crippen molar-refractivity contribution >= 4 is 17.4 Å². The van der Waals surface area contributed by atoms with Crippen molar-refractivity contribution in [2.24, 2.45) is 0 Å². The molecule has 0 spiro atoms. The van der Waals surface area contributed by atoms with Gasteiger partial charge in [0.25, 0.3) is 5.91 Å². The first kappa shape index (κ1) is 16.6. The van der Waals surface area contributed by atoms with Gasteiger partial charge < -0.3 is 10.6 Å². The van der Waals surface area contributed by atoms with Crippen molar-refractivity contribution in [2.75, 3.05) is 5.32 Å². The van der Waals surface area contributed by atoms with Crippen molar-refractivity contribution in [3.05, 3.63) is 77.5 Å². The van der Waals surface area contributed by atoms with Crippen molar-refractivity contribution in [3.8, 4) is 0 Å². The molecule has 0 unspecified atom stereocenters. The second kappa shape index (κ2) is 7.53. The SMILES string of the molecule is Cc1ccc(Nc2cc(C(=O)NCc3ccccn3)ncn2)cc1C. The van der Waals surface area contributed by atoms with Gasteiger partial charge in [0.2, 0.25) is 0 Å². The number of carbonyl (C=O) groups excluding carboxylic acids is 1. The molecule has 0 saturated carbocycles. The van der Waals surface area contributed by atoms with Crippen molar-refractivity contribution in [1.29, 1.82) is 0 Å². The number of anilines is 2. The third-order valence-electron chi connectivity index (χ3n) is 3.84. The van der Waals surface area contributed by atoms with Gasteiger partial charge in [0, 0.05) is 18.0 Å². The summed E-state index contributed by atoms with van der Waals surface area (Å²) in [6, 6.07) is 13.3. The molecular formula is C19H19N5O. The summed E-state index contributed by atoms with van der Waals surface area (Å²) in [6.45, 7) is 4.47. The average molecular weight is 333 g/mol. The number of rotatable bonds is 5. The molecule has 1 amide bonds. The first-order valence-corrected chi connectivity index (χ1v) is 7.96. The van der Waals surface area contributed by atoms with Gasteiger partial charge in [-0.25, -0.2) is 9.97 Å². The minimum Gasteiger partial charge on any atom is -0.345 e. The van der Waals surface area contributed by atoms with E-state index in [1.807, 2.05) is 36.4 Å². The molecule has 3 aromatic rings. The van der Waals surface area contributed by atoms with Crippen molar-refractivity contribution in [3.63, 3.8) is 0 Å². The van der Waals surface area contributed by atoms with E-state index >= 15 is 0 Å². The number of hydrogen-bond acceptors (Lipinski definition) is 5. The highest BCUT2D eigenvalue weighted by molar-refractivity contribution is 5.92. The number of hydrogen-bond donors (Lipinski definition) is 2. The van der Waals surface area contributed by atoms with Crippen LogP contribution in [0.15, 0.2) is 55.0 Å². The number of benzene rings is 1. The van der Waals surface area contributed by atoms with Gasteiger partial charge in [0.15, 0.2) is 0 Å². The average Bonchev–Trinajstić information content (AvgIpc) is 2.64. The third kappa shape index (κ3) is 4.38. The molecule has 0 fully saturated rings. The molecule has 0 radical (unpaired) electrons. The molecule has 2 N–H and O–H groups in total. The van der Waals surface area contributed by atoms with E-state index < -0.39 is 0 Å². The number of nitrogens with one attached hydrogen (secondary N) is 2. The van der Waals surface area contributed by atoms with E-state index in [0.29, 0.717) is 18.1 Å². The Bertz CT molecular complexity index is 880. The van der Waals surface area contributed by atoms with Crippen LogP contribution in [0.25, 0.3) is 0 Å². The molecule has 0 atom stereocenters. The lowest BCUT2D eigenvalue weighted by Crippen LogP contribution is -2.24. The maximum Gasteiger partial charge on any atom is 0.270 e. The topological polar surface area (TPSA) is 79.8 Å². The smallest absolute Gasteiger partial charge is 0.270 e. The Morgan fingerprint density at radius 3 is 2.64 bits per heavy atom. The Labute approximate surface area is 146 Å². The quantitative estimate of drug-likeness (QED) is 0.750. The number of amides is 1. The fraction of sp³-hybridized carbons (Fsp3) is 0.158. The Balaban J connectivity index is 1.68. The fourth-order valence-electron chi connectivity index (χ4n) is 2.28. The van der Waals surface area contributed by atoms with Gasteiger partial charge >= 0.3 is 0 Å². The highest BCUT2D eigenvalue weighted by atomic mass is 16.1. The zero-order valence-corrected chi connectivity index (χ0v) is 14.2. The molecule has 0 aliphatic heterocycles. The molecule has 6 nitrogen and oxygen atoms in total. The summed E-state index contributed by atoms with van der Waals surface area (Å²) < 4.78 is 0. The Kier molecular flexibility index (Phi) is 4.99. The summed E-state index contributed by atoms with van der Waals surface area (Å²) in [7, 11) is 0. The van der Waals surface area contributed by atoms with Crippen LogP contribution in [0.3, 0.4) is 0 Å². The zero-order valence-electron chi connectivity index (χ0n) is 14.2. The van der Waals surface area contributed by atoms with Gasteiger partial charge in [-0.05, 0) is 49.2 Å². The molecule has 0 bridgehead atoms. The lowest BCUT2D eigenvalue weighted by molar-refractivity contribution is 0.0945. The number of aryl methyl sites for hydroxylation is 2. The molecular weight excluding hydrogens is 314 g/mol. The summed E-state index contributed by atoms with van der Waals surface area (Å²) in [5, 5.41) is 6.00. The van der Waals surface area contributed by atoms with Gasteiger partial charge in [-0.3, -0.25) is 9.78 Å². The van der Waals surface area contributed by atoms with E-state index in [1.165, 1.54) is 17.5 Å². The zero-order chi connectivity index (χ0) is 17.6. The molecule has 2 heterocycles. The molecule has 2 aromatic heterocycles. The highest BCUT2D eigenvalue weighted by Gasteiger charge is 2.09. The summed E-state index contributed by atoms with van der Waals surface area (Å²) in [4.78, 5) is 24.7. The van der Waals surface area contributed by atoms with Gasteiger partial charge in [-0.2, -0.15) is 0 Å². The predicted molar refractivity (Wildman–Crippen MR) is 96.6 cm³/mol. The number of pyridine rings is 1. The minimum absolute atomic E-state index is 0.267. The monoisotopic (exact) mass is 333 g/mol. The minimum atomic E-state index is -0.267. The van der Waals surface area contributed by atoms with Crippen LogP contribution in [0.4, 0.5) is 11.5 Å². The lowest BCUT2D eigenvalue weighted by atomic mass is 10.1. The maximum absolute atomic E-state index is 12.3. The largest absolute Gasteiger partial charge is 0.345 e. The number of carbonyl (C=O) groups is 1. The van der Waals surface area contributed by atoms with Crippen molar-refractivity contribution in [2.45, 2.75) is 20.4 Å². The van der Waals surface area contributed by atoms with Gasteiger partial charge in [-0.1, -0.05) is 12.1 Å². The van der Waals surface area contributed by atoms with Crippen LogP contribution in [0.5, 0.6) is 0 Å². The van der Waals surface area contributed by atoms with E-state index in [0.717, 1.165) is 11.4 Å². The number of nitrogens with zero attached hydrogens (tertiary/aromatic N) is 3. The van der Waals surface area contributed by atoms with Crippen LogP contribution in [-0.2, 0) is 6.54 Å².